The topological polar surface area (TPSA) is 71.0 Å². The molecule has 1 saturated heterocycles. The van der Waals surface area contributed by atoms with Gasteiger partial charge in [0.2, 0.25) is 5.91 Å². The number of anilines is 1. The lowest BCUT2D eigenvalue weighted by Gasteiger charge is -2.32. The average molecular weight is 297 g/mol. The highest BCUT2D eigenvalue weighted by molar-refractivity contribution is 5.79. The van der Waals surface area contributed by atoms with E-state index in [1.807, 2.05) is 12.1 Å². The number of aromatic nitrogens is 3. The highest BCUT2D eigenvalue weighted by atomic mass is 16.1. The molecular weight excluding hydrogens is 278 g/mol. The lowest BCUT2D eigenvalue weighted by molar-refractivity contribution is -0.125. The Morgan fingerprint density at radius 2 is 2.18 bits per heavy atom. The van der Waals surface area contributed by atoms with Crippen LogP contribution in [0.4, 0.5) is 5.82 Å². The summed E-state index contributed by atoms with van der Waals surface area (Å²) in [5, 5.41) is 3.00. The van der Waals surface area contributed by atoms with Gasteiger partial charge in [0.15, 0.2) is 0 Å². The third kappa shape index (κ3) is 3.58. The molecule has 114 valence electrons. The molecule has 3 heterocycles. The summed E-state index contributed by atoms with van der Waals surface area (Å²) < 4.78 is 0. The highest BCUT2D eigenvalue weighted by Gasteiger charge is 2.26. The minimum atomic E-state index is -0.00701. The van der Waals surface area contributed by atoms with Crippen LogP contribution in [0, 0.1) is 5.92 Å². The Morgan fingerprint density at radius 1 is 1.27 bits per heavy atom. The van der Waals surface area contributed by atoms with Crippen LogP contribution in [0.5, 0.6) is 0 Å². The first kappa shape index (κ1) is 14.4. The molecule has 0 saturated carbocycles. The van der Waals surface area contributed by atoms with E-state index in [1.165, 1.54) is 0 Å². The summed E-state index contributed by atoms with van der Waals surface area (Å²) in [5.74, 6) is 0.928. The zero-order valence-electron chi connectivity index (χ0n) is 12.4. The summed E-state index contributed by atoms with van der Waals surface area (Å²) in [4.78, 5) is 26.9. The average Bonchev–Trinajstić information content (AvgIpc) is 2.61. The normalized spacial score (nSPS) is 18.0. The summed E-state index contributed by atoms with van der Waals surface area (Å²) in [5.41, 5.74) is 1.01. The second-order valence-corrected chi connectivity index (χ2v) is 5.43. The van der Waals surface area contributed by atoms with Gasteiger partial charge in [-0.2, -0.15) is 0 Å². The highest BCUT2D eigenvalue weighted by Crippen LogP contribution is 2.21. The zero-order chi connectivity index (χ0) is 15.2. The molecule has 6 heteroatoms. The lowest BCUT2D eigenvalue weighted by Crippen LogP contribution is -2.43. The minimum absolute atomic E-state index is 0.00701. The fraction of sp³-hybridized carbons (Fsp3) is 0.375. The van der Waals surface area contributed by atoms with Gasteiger partial charge in [-0.1, -0.05) is 6.07 Å². The van der Waals surface area contributed by atoms with E-state index in [1.54, 1.807) is 31.0 Å². The third-order valence-electron chi connectivity index (χ3n) is 3.86. The fourth-order valence-corrected chi connectivity index (χ4v) is 2.69. The van der Waals surface area contributed by atoms with Gasteiger partial charge in [0.05, 0.1) is 12.1 Å². The number of hydrogen-bond acceptors (Lipinski definition) is 5. The van der Waals surface area contributed by atoms with Crippen molar-refractivity contribution >= 4 is 11.7 Å². The summed E-state index contributed by atoms with van der Waals surface area (Å²) >= 11 is 0. The van der Waals surface area contributed by atoms with E-state index < -0.39 is 0 Å². The first-order chi connectivity index (χ1) is 10.8. The molecule has 6 nitrogen and oxygen atoms in total. The lowest BCUT2D eigenvalue weighted by atomic mass is 9.97. The largest absolute Gasteiger partial charge is 0.355 e. The Labute approximate surface area is 129 Å². The number of rotatable bonds is 4. The van der Waals surface area contributed by atoms with Gasteiger partial charge in [-0.3, -0.25) is 14.8 Å². The van der Waals surface area contributed by atoms with Crippen molar-refractivity contribution in [3.63, 3.8) is 0 Å². The zero-order valence-corrected chi connectivity index (χ0v) is 12.4. The molecule has 0 aliphatic carbocycles. The number of piperidine rings is 1. The Hall–Kier alpha value is -2.50. The van der Waals surface area contributed by atoms with Gasteiger partial charge in [-0.25, -0.2) is 4.98 Å². The van der Waals surface area contributed by atoms with Crippen LogP contribution in [-0.4, -0.2) is 33.9 Å². The van der Waals surface area contributed by atoms with Crippen molar-refractivity contribution in [2.45, 2.75) is 19.4 Å². The van der Waals surface area contributed by atoms with E-state index in [4.69, 9.17) is 0 Å². The van der Waals surface area contributed by atoms with Crippen molar-refractivity contribution in [3.05, 3.63) is 48.7 Å². The Kier molecular flexibility index (Phi) is 4.58. The molecule has 0 bridgehead atoms. The van der Waals surface area contributed by atoms with Gasteiger partial charge in [-0.15, -0.1) is 0 Å². The Morgan fingerprint density at radius 3 is 2.95 bits per heavy atom. The summed E-state index contributed by atoms with van der Waals surface area (Å²) in [7, 11) is 0. The van der Waals surface area contributed by atoms with Crippen molar-refractivity contribution in [2.24, 2.45) is 5.92 Å². The van der Waals surface area contributed by atoms with Crippen LogP contribution >= 0.6 is 0 Å². The standard InChI is InChI=1S/C16H19N5O/c22-16(20-10-13-3-1-5-17-9-13)14-4-2-8-21(12-14)15-11-18-6-7-19-15/h1,3,5-7,9,11,14H,2,4,8,10,12H2,(H,20,22)/t14-/m1/s1. The number of pyridine rings is 1. The number of nitrogens with zero attached hydrogens (tertiary/aromatic N) is 4. The predicted octanol–water partition coefficient (Wildman–Crippen LogP) is 1.40. The Balaban J connectivity index is 1.56. The minimum Gasteiger partial charge on any atom is -0.355 e. The first-order valence-electron chi connectivity index (χ1n) is 7.50. The number of nitrogens with one attached hydrogen (secondary N) is 1. The molecular formula is C16H19N5O. The van der Waals surface area contributed by atoms with Gasteiger partial charge in [0.1, 0.15) is 5.82 Å². The number of amides is 1. The molecule has 1 aliphatic heterocycles. The molecule has 0 radical (unpaired) electrons. The van der Waals surface area contributed by atoms with E-state index in [0.29, 0.717) is 13.1 Å². The van der Waals surface area contributed by atoms with E-state index >= 15 is 0 Å². The van der Waals surface area contributed by atoms with Crippen molar-refractivity contribution in [1.29, 1.82) is 0 Å². The van der Waals surface area contributed by atoms with Crippen molar-refractivity contribution < 1.29 is 4.79 Å². The Bertz CT molecular complexity index is 604. The van der Waals surface area contributed by atoms with Crippen molar-refractivity contribution in [3.8, 4) is 0 Å². The van der Waals surface area contributed by atoms with Gasteiger partial charge in [0.25, 0.3) is 0 Å². The molecule has 1 N–H and O–H groups in total. The second-order valence-electron chi connectivity index (χ2n) is 5.43. The smallest absolute Gasteiger partial charge is 0.225 e. The summed E-state index contributed by atoms with van der Waals surface area (Å²) in [6, 6.07) is 3.83. The van der Waals surface area contributed by atoms with E-state index in [0.717, 1.165) is 30.8 Å². The summed E-state index contributed by atoms with van der Waals surface area (Å²) in [6.07, 6.45) is 10.5. The summed E-state index contributed by atoms with van der Waals surface area (Å²) in [6.45, 7) is 2.14. The quantitative estimate of drug-likeness (QED) is 0.924. The molecule has 1 aliphatic rings. The molecule has 3 rings (SSSR count). The molecule has 0 spiro atoms. The molecule has 0 aromatic carbocycles. The van der Waals surface area contributed by atoms with Crippen molar-refractivity contribution in [2.75, 3.05) is 18.0 Å². The van der Waals surface area contributed by atoms with Gasteiger partial charge in [-0.05, 0) is 24.5 Å². The van der Waals surface area contributed by atoms with Crippen molar-refractivity contribution in [1.82, 2.24) is 20.3 Å². The number of carbonyl (C=O) groups is 1. The third-order valence-corrected chi connectivity index (χ3v) is 3.86. The first-order valence-corrected chi connectivity index (χ1v) is 7.50. The number of hydrogen-bond donors (Lipinski definition) is 1. The van der Waals surface area contributed by atoms with E-state index in [-0.39, 0.29) is 11.8 Å². The predicted molar refractivity (Wildman–Crippen MR) is 83.1 cm³/mol. The van der Waals surface area contributed by atoms with Crippen LogP contribution in [0.25, 0.3) is 0 Å². The van der Waals surface area contributed by atoms with Gasteiger partial charge >= 0.3 is 0 Å². The van der Waals surface area contributed by atoms with E-state index in [9.17, 15) is 4.79 Å². The molecule has 22 heavy (non-hydrogen) atoms. The van der Waals surface area contributed by atoms with Gasteiger partial charge < -0.3 is 10.2 Å². The molecule has 1 atom stereocenters. The molecule has 1 fully saturated rings. The SMILES string of the molecule is O=C(NCc1cccnc1)[C@@H]1CCCN(c2cnccn2)C1. The molecule has 2 aromatic rings. The second kappa shape index (κ2) is 6.98. The molecule has 0 unspecified atom stereocenters. The van der Waals surface area contributed by atoms with Crippen LogP contribution in [0.15, 0.2) is 43.1 Å². The maximum absolute atomic E-state index is 12.4. The monoisotopic (exact) mass is 297 g/mol. The molecule has 1 amide bonds. The maximum atomic E-state index is 12.4. The van der Waals surface area contributed by atoms with Crippen LogP contribution in [-0.2, 0) is 11.3 Å². The van der Waals surface area contributed by atoms with Crippen LogP contribution < -0.4 is 10.2 Å². The van der Waals surface area contributed by atoms with Gasteiger partial charge in [0, 0.05) is 44.4 Å². The van der Waals surface area contributed by atoms with Crippen LogP contribution in [0.2, 0.25) is 0 Å². The maximum Gasteiger partial charge on any atom is 0.225 e. The number of carbonyl (C=O) groups excluding carboxylic acids is 1. The fourth-order valence-electron chi connectivity index (χ4n) is 2.69. The van der Waals surface area contributed by atoms with Crippen LogP contribution in [0.1, 0.15) is 18.4 Å². The van der Waals surface area contributed by atoms with E-state index in [2.05, 4.69) is 25.2 Å². The molecule has 2 aromatic heterocycles. The van der Waals surface area contributed by atoms with Crippen LogP contribution in [0.3, 0.4) is 0 Å².